The van der Waals surface area contributed by atoms with Gasteiger partial charge in [-0.3, -0.25) is 9.59 Å². The molecule has 1 aliphatic rings. The first-order chi connectivity index (χ1) is 7.75. The van der Waals surface area contributed by atoms with Crippen molar-refractivity contribution in [3.05, 3.63) is 53.6 Å². The maximum Gasteiger partial charge on any atom is 0.233 e. The van der Waals surface area contributed by atoms with Crippen LogP contribution in [0.1, 0.15) is 30.8 Å². The molecule has 0 unspecified atom stereocenters. The van der Waals surface area contributed by atoms with Gasteiger partial charge in [0.1, 0.15) is 0 Å². The molecule has 0 heterocycles. The van der Waals surface area contributed by atoms with Crippen molar-refractivity contribution in [3.63, 3.8) is 0 Å². The Hall–Kier alpha value is -2.22. The second-order valence-electron chi connectivity index (χ2n) is 3.81. The van der Waals surface area contributed by atoms with Crippen LogP contribution in [0, 0.1) is 0 Å². The van der Waals surface area contributed by atoms with E-state index in [0.717, 1.165) is 16.3 Å². The standard InChI is InChI=1S/C14H8O2.2CH4/c15-13-6-5-11-7-9-3-1-2-4-10(9)8-12(11)14(13)16;;/h1-8H;2*1H4. The third-order valence-electron chi connectivity index (χ3n) is 2.80. The Kier molecular flexibility index (Phi) is 3.82. The molecule has 18 heavy (non-hydrogen) atoms. The first kappa shape index (κ1) is 13.8. The molecule has 0 bridgehead atoms. The number of ketones is 2. The number of Topliss-reactive ketones (excluding diaryl/α,β-unsaturated/α-hetero) is 1. The number of allylic oxidation sites excluding steroid dienone is 1. The predicted molar refractivity (Wildman–Crippen MR) is 75.8 cm³/mol. The minimum absolute atomic E-state index is 0. The summed E-state index contributed by atoms with van der Waals surface area (Å²) >= 11 is 0. The summed E-state index contributed by atoms with van der Waals surface area (Å²) in [6, 6.07) is 11.5. The highest BCUT2D eigenvalue weighted by molar-refractivity contribution is 6.50. The van der Waals surface area contributed by atoms with Crippen LogP contribution < -0.4 is 0 Å². The van der Waals surface area contributed by atoms with E-state index in [1.165, 1.54) is 6.08 Å². The molecule has 92 valence electrons. The number of hydrogen-bond donors (Lipinski definition) is 0. The molecular formula is C16H16O2. The molecule has 0 fully saturated rings. The van der Waals surface area contributed by atoms with Gasteiger partial charge in [-0.2, -0.15) is 0 Å². The summed E-state index contributed by atoms with van der Waals surface area (Å²) in [5.41, 5.74) is 1.33. The van der Waals surface area contributed by atoms with Gasteiger partial charge in [0.05, 0.1) is 0 Å². The van der Waals surface area contributed by atoms with E-state index < -0.39 is 11.6 Å². The second kappa shape index (κ2) is 4.96. The molecule has 0 N–H and O–H groups in total. The van der Waals surface area contributed by atoms with Crippen molar-refractivity contribution in [2.75, 3.05) is 0 Å². The Morgan fingerprint density at radius 1 is 0.778 bits per heavy atom. The van der Waals surface area contributed by atoms with Crippen molar-refractivity contribution in [2.45, 2.75) is 14.9 Å². The van der Waals surface area contributed by atoms with Gasteiger partial charge in [0.15, 0.2) is 0 Å². The summed E-state index contributed by atoms with van der Waals surface area (Å²) in [5.74, 6) is -0.856. The maximum atomic E-state index is 11.7. The van der Waals surface area contributed by atoms with Crippen LogP contribution >= 0.6 is 0 Å². The van der Waals surface area contributed by atoms with Crippen LogP contribution in [0.2, 0.25) is 0 Å². The molecular weight excluding hydrogens is 224 g/mol. The molecule has 0 saturated carbocycles. The molecule has 0 atom stereocenters. The summed E-state index contributed by atoms with van der Waals surface area (Å²) in [6.45, 7) is 0. The highest BCUT2D eigenvalue weighted by Gasteiger charge is 2.20. The van der Waals surface area contributed by atoms with Crippen molar-refractivity contribution in [1.29, 1.82) is 0 Å². The van der Waals surface area contributed by atoms with E-state index in [9.17, 15) is 9.59 Å². The number of carbonyl (C=O) groups is 2. The van der Waals surface area contributed by atoms with Gasteiger partial charge in [-0.25, -0.2) is 0 Å². The zero-order valence-electron chi connectivity index (χ0n) is 8.44. The third-order valence-corrected chi connectivity index (χ3v) is 2.80. The second-order valence-corrected chi connectivity index (χ2v) is 3.81. The molecule has 0 radical (unpaired) electrons. The van der Waals surface area contributed by atoms with E-state index in [2.05, 4.69) is 0 Å². The summed E-state index contributed by atoms with van der Waals surface area (Å²) < 4.78 is 0. The van der Waals surface area contributed by atoms with Gasteiger partial charge in [0, 0.05) is 5.56 Å². The smallest absolute Gasteiger partial charge is 0.233 e. The van der Waals surface area contributed by atoms with Crippen LogP contribution in [0.15, 0.2) is 42.5 Å². The van der Waals surface area contributed by atoms with Crippen molar-refractivity contribution < 1.29 is 9.59 Å². The van der Waals surface area contributed by atoms with Gasteiger partial charge in [-0.15, -0.1) is 0 Å². The van der Waals surface area contributed by atoms with Gasteiger partial charge < -0.3 is 0 Å². The fourth-order valence-electron chi connectivity index (χ4n) is 1.97. The SMILES string of the molecule is C.C.O=C1C=Cc2cc3ccccc3cc2C1=O. The van der Waals surface area contributed by atoms with Crippen LogP contribution in [0.25, 0.3) is 16.8 Å². The highest BCUT2D eigenvalue weighted by atomic mass is 16.2. The minimum Gasteiger partial charge on any atom is -0.286 e. The van der Waals surface area contributed by atoms with E-state index in [0.29, 0.717) is 5.56 Å². The van der Waals surface area contributed by atoms with E-state index in [-0.39, 0.29) is 14.9 Å². The third kappa shape index (κ3) is 1.97. The number of carbonyl (C=O) groups excluding carboxylic acids is 2. The maximum absolute atomic E-state index is 11.7. The molecule has 0 aliphatic heterocycles. The quantitative estimate of drug-likeness (QED) is 0.655. The Morgan fingerprint density at radius 3 is 2.06 bits per heavy atom. The van der Waals surface area contributed by atoms with Gasteiger partial charge in [0.25, 0.3) is 0 Å². The molecule has 2 aromatic rings. The summed E-state index contributed by atoms with van der Waals surface area (Å²) in [4.78, 5) is 22.9. The molecule has 3 rings (SSSR count). The summed E-state index contributed by atoms with van der Waals surface area (Å²) in [5, 5.41) is 2.06. The number of hydrogen-bond acceptors (Lipinski definition) is 2. The predicted octanol–water partition coefficient (Wildman–Crippen LogP) is 3.89. The van der Waals surface area contributed by atoms with Crippen molar-refractivity contribution in [2.24, 2.45) is 0 Å². The lowest BCUT2D eigenvalue weighted by Gasteiger charge is -2.09. The van der Waals surface area contributed by atoms with Crippen molar-refractivity contribution in [3.8, 4) is 0 Å². The summed E-state index contributed by atoms with van der Waals surface area (Å²) in [6.07, 6.45) is 3.03. The van der Waals surface area contributed by atoms with Crippen LogP contribution in [0.3, 0.4) is 0 Å². The lowest BCUT2D eigenvalue weighted by molar-refractivity contribution is -0.110. The van der Waals surface area contributed by atoms with E-state index >= 15 is 0 Å². The fraction of sp³-hybridized carbons (Fsp3) is 0.125. The number of fused-ring (bicyclic) bond motifs is 2. The van der Waals surface area contributed by atoms with Crippen LogP contribution in [-0.2, 0) is 4.79 Å². The van der Waals surface area contributed by atoms with Gasteiger partial charge in [-0.1, -0.05) is 45.2 Å². The average molecular weight is 240 g/mol. The molecule has 0 spiro atoms. The Balaban J connectivity index is 0.000000810. The van der Waals surface area contributed by atoms with Crippen LogP contribution in [0.4, 0.5) is 0 Å². The highest BCUT2D eigenvalue weighted by Crippen LogP contribution is 2.24. The monoisotopic (exact) mass is 240 g/mol. The molecule has 2 nitrogen and oxygen atoms in total. The van der Waals surface area contributed by atoms with Crippen molar-refractivity contribution >= 4 is 28.4 Å². The molecule has 0 amide bonds. The number of benzene rings is 2. The zero-order chi connectivity index (χ0) is 11.1. The Morgan fingerprint density at radius 2 is 1.39 bits per heavy atom. The molecule has 2 heteroatoms. The summed E-state index contributed by atoms with van der Waals surface area (Å²) in [7, 11) is 0. The first-order valence-electron chi connectivity index (χ1n) is 5.05. The van der Waals surface area contributed by atoms with Gasteiger partial charge in [-0.05, 0) is 34.5 Å². The average Bonchev–Trinajstić information content (AvgIpc) is 2.32. The number of rotatable bonds is 0. The molecule has 1 aliphatic carbocycles. The zero-order valence-corrected chi connectivity index (χ0v) is 8.44. The Labute approximate surface area is 107 Å². The largest absolute Gasteiger partial charge is 0.286 e. The van der Waals surface area contributed by atoms with E-state index in [4.69, 9.17) is 0 Å². The van der Waals surface area contributed by atoms with E-state index in [1.807, 2.05) is 30.3 Å². The van der Waals surface area contributed by atoms with Crippen LogP contribution in [0.5, 0.6) is 0 Å². The lowest BCUT2D eigenvalue weighted by Crippen LogP contribution is -2.15. The topological polar surface area (TPSA) is 34.1 Å². The lowest BCUT2D eigenvalue weighted by atomic mass is 9.92. The normalized spacial score (nSPS) is 12.7. The van der Waals surface area contributed by atoms with Crippen molar-refractivity contribution in [1.82, 2.24) is 0 Å². The van der Waals surface area contributed by atoms with E-state index in [1.54, 1.807) is 12.1 Å². The van der Waals surface area contributed by atoms with Gasteiger partial charge in [0.2, 0.25) is 11.6 Å². The first-order valence-corrected chi connectivity index (χ1v) is 5.05. The fourth-order valence-corrected chi connectivity index (χ4v) is 1.97. The van der Waals surface area contributed by atoms with Gasteiger partial charge >= 0.3 is 0 Å². The molecule has 0 saturated heterocycles. The molecule has 0 aromatic heterocycles. The molecule has 2 aromatic carbocycles. The minimum atomic E-state index is -0.442. The Bertz CT molecular complexity index is 651. The van der Waals surface area contributed by atoms with Crippen LogP contribution in [-0.4, -0.2) is 11.6 Å².